The summed E-state index contributed by atoms with van der Waals surface area (Å²) in [5, 5.41) is 0. The molecule has 6 heteroatoms. The average molecular weight is 437 g/mol. The molecule has 2 N–H and O–H groups in total. The number of pyridine rings is 2. The van der Waals surface area contributed by atoms with Gasteiger partial charge in [0.2, 0.25) is 0 Å². The van der Waals surface area contributed by atoms with Crippen LogP contribution in [0.2, 0.25) is 0 Å². The minimum atomic E-state index is -0.232. The number of aliphatic imine (C=N–C) groups is 2. The van der Waals surface area contributed by atoms with E-state index >= 15 is 0 Å². The SMILES string of the molecule is CC(C)(C)c1c[nH]cc(C=N[C@@H]2CCCC[C@H]2N=Cc2c[nH]cc(C(C)(C)C)c2=O)c1=O. The van der Waals surface area contributed by atoms with Gasteiger partial charge in [-0.25, -0.2) is 0 Å². The number of nitrogens with one attached hydrogen (secondary N) is 2. The Hall–Kier alpha value is -2.76. The van der Waals surface area contributed by atoms with Crippen LogP contribution >= 0.6 is 0 Å². The van der Waals surface area contributed by atoms with Crippen LogP contribution in [-0.4, -0.2) is 34.5 Å². The highest BCUT2D eigenvalue weighted by Gasteiger charge is 2.24. The van der Waals surface area contributed by atoms with Gasteiger partial charge in [0.15, 0.2) is 10.9 Å². The number of aromatic nitrogens is 2. The maximum atomic E-state index is 12.9. The van der Waals surface area contributed by atoms with E-state index in [1.54, 1.807) is 37.2 Å². The fourth-order valence-corrected chi connectivity index (χ4v) is 4.10. The van der Waals surface area contributed by atoms with E-state index in [9.17, 15) is 9.59 Å². The number of rotatable bonds is 4. The summed E-state index contributed by atoms with van der Waals surface area (Å²) < 4.78 is 0. The lowest BCUT2D eigenvalue weighted by molar-refractivity contribution is 0.390. The Kier molecular flexibility index (Phi) is 7.01. The molecular formula is C26H36N4O2. The van der Waals surface area contributed by atoms with Gasteiger partial charge in [-0.3, -0.25) is 19.6 Å². The van der Waals surface area contributed by atoms with Gasteiger partial charge in [0.05, 0.1) is 23.2 Å². The van der Waals surface area contributed by atoms with Gasteiger partial charge in [0, 0.05) is 48.3 Å². The van der Waals surface area contributed by atoms with Crippen molar-refractivity contribution in [3.63, 3.8) is 0 Å². The van der Waals surface area contributed by atoms with Crippen molar-refractivity contribution >= 4 is 12.4 Å². The van der Waals surface area contributed by atoms with Crippen LogP contribution in [0.5, 0.6) is 0 Å². The summed E-state index contributed by atoms with van der Waals surface area (Å²) in [6.45, 7) is 12.2. The van der Waals surface area contributed by atoms with Crippen molar-refractivity contribution in [2.75, 3.05) is 0 Å². The molecule has 6 nitrogen and oxygen atoms in total. The average Bonchev–Trinajstić information content (AvgIpc) is 2.71. The maximum Gasteiger partial charge on any atom is 0.193 e. The van der Waals surface area contributed by atoms with Gasteiger partial charge >= 0.3 is 0 Å². The molecule has 1 fully saturated rings. The van der Waals surface area contributed by atoms with E-state index in [0.29, 0.717) is 11.1 Å². The number of nitrogens with zero attached hydrogens (tertiary/aromatic N) is 2. The molecule has 0 aliphatic heterocycles. The number of hydrogen-bond acceptors (Lipinski definition) is 4. The topological polar surface area (TPSA) is 90.4 Å². The zero-order valence-corrected chi connectivity index (χ0v) is 20.2. The van der Waals surface area contributed by atoms with Gasteiger partial charge < -0.3 is 9.97 Å². The van der Waals surface area contributed by atoms with Crippen LogP contribution in [-0.2, 0) is 10.8 Å². The molecule has 1 aliphatic carbocycles. The van der Waals surface area contributed by atoms with Crippen LogP contribution in [0.25, 0.3) is 0 Å². The Morgan fingerprint density at radius 1 is 0.719 bits per heavy atom. The molecule has 2 aromatic heterocycles. The van der Waals surface area contributed by atoms with E-state index in [2.05, 4.69) is 9.97 Å². The Morgan fingerprint density at radius 2 is 1.09 bits per heavy atom. The quantitative estimate of drug-likeness (QED) is 0.691. The molecule has 3 rings (SSSR count). The molecule has 172 valence electrons. The number of hydrogen-bond donors (Lipinski definition) is 2. The molecular weight excluding hydrogens is 400 g/mol. The van der Waals surface area contributed by atoms with E-state index in [0.717, 1.165) is 36.8 Å². The van der Waals surface area contributed by atoms with Crippen molar-refractivity contribution in [2.24, 2.45) is 9.98 Å². The van der Waals surface area contributed by atoms with E-state index < -0.39 is 0 Å². The predicted molar refractivity (Wildman–Crippen MR) is 133 cm³/mol. The highest BCUT2D eigenvalue weighted by atomic mass is 16.1. The fourth-order valence-electron chi connectivity index (χ4n) is 4.10. The van der Waals surface area contributed by atoms with Crippen LogP contribution in [0, 0.1) is 0 Å². The van der Waals surface area contributed by atoms with Crippen LogP contribution in [0.3, 0.4) is 0 Å². The first-order valence-electron chi connectivity index (χ1n) is 11.5. The zero-order valence-electron chi connectivity index (χ0n) is 20.2. The monoisotopic (exact) mass is 436 g/mol. The Morgan fingerprint density at radius 3 is 1.44 bits per heavy atom. The lowest BCUT2D eigenvalue weighted by Crippen LogP contribution is -2.29. The van der Waals surface area contributed by atoms with Crippen molar-refractivity contribution in [2.45, 2.75) is 90.1 Å². The highest BCUT2D eigenvalue weighted by molar-refractivity contribution is 5.80. The van der Waals surface area contributed by atoms with Gasteiger partial charge in [-0.15, -0.1) is 0 Å². The van der Waals surface area contributed by atoms with Crippen molar-refractivity contribution in [1.29, 1.82) is 0 Å². The lowest BCUT2D eigenvalue weighted by atomic mass is 9.87. The van der Waals surface area contributed by atoms with Crippen molar-refractivity contribution in [1.82, 2.24) is 9.97 Å². The van der Waals surface area contributed by atoms with Crippen LogP contribution < -0.4 is 10.9 Å². The third-order valence-corrected chi connectivity index (χ3v) is 6.07. The van der Waals surface area contributed by atoms with Crippen molar-refractivity contribution in [3.8, 4) is 0 Å². The molecule has 2 heterocycles. The second kappa shape index (κ2) is 9.39. The summed E-state index contributed by atoms with van der Waals surface area (Å²) >= 11 is 0. The smallest absolute Gasteiger partial charge is 0.193 e. The van der Waals surface area contributed by atoms with Gasteiger partial charge in [0.1, 0.15) is 0 Å². The summed E-state index contributed by atoms with van der Waals surface area (Å²) in [5.41, 5.74) is 2.20. The molecule has 0 unspecified atom stereocenters. The molecule has 0 aromatic carbocycles. The van der Waals surface area contributed by atoms with Crippen LogP contribution in [0.1, 0.15) is 89.5 Å². The second-order valence-corrected chi connectivity index (χ2v) is 10.8. The third-order valence-electron chi connectivity index (χ3n) is 6.07. The standard InChI is InChI=1S/C26H36N4O2/c1-25(2,3)19-15-27-11-17(23(19)31)13-29-21-9-7-8-10-22(21)30-14-18-12-28-16-20(24(18)32)26(4,5)6/h11-16,21-22H,7-10H2,1-6H3,(H,27,31)(H,28,32)/t21-,22-/m1/s1. The summed E-state index contributed by atoms with van der Waals surface area (Å²) in [6, 6.07) is 0.00477. The molecule has 0 bridgehead atoms. The van der Waals surface area contributed by atoms with E-state index in [1.165, 1.54) is 0 Å². The van der Waals surface area contributed by atoms with Crippen LogP contribution in [0.15, 0.2) is 44.4 Å². The van der Waals surface area contributed by atoms with Crippen molar-refractivity contribution < 1.29 is 0 Å². The zero-order chi connectivity index (χ0) is 23.5. The summed E-state index contributed by atoms with van der Waals surface area (Å²) in [7, 11) is 0. The van der Waals surface area contributed by atoms with Gasteiger partial charge in [-0.1, -0.05) is 54.4 Å². The van der Waals surface area contributed by atoms with Crippen LogP contribution in [0.4, 0.5) is 0 Å². The molecule has 0 amide bonds. The normalized spacial score (nSPS) is 20.3. The first-order valence-corrected chi connectivity index (χ1v) is 11.5. The second-order valence-electron chi connectivity index (χ2n) is 10.8. The molecule has 0 saturated heterocycles. The van der Waals surface area contributed by atoms with E-state index in [4.69, 9.17) is 9.98 Å². The number of H-pyrrole nitrogens is 2. The first kappa shape index (κ1) is 23.9. The molecule has 1 saturated carbocycles. The van der Waals surface area contributed by atoms with Gasteiger partial charge in [-0.05, 0) is 23.7 Å². The fraction of sp³-hybridized carbons (Fsp3) is 0.538. The van der Waals surface area contributed by atoms with E-state index in [1.807, 2.05) is 41.5 Å². The molecule has 0 radical (unpaired) electrons. The molecule has 1 aliphatic rings. The molecule has 2 atom stereocenters. The molecule has 2 aromatic rings. The Labute approximate surface area is 190 Å². The van der Waals surface area contributed by atoms with Crippen molar-refractivity contribution in [3.05, 3.63) is 67.5 Å². The minimum absolute atomic E-state index is 0.00238. The summed E-state index contributed by atoms with van der Waals surface area (Å²) in [6.07, 6.45) is 14.4. The summed E-state index contributed by atoms with van der Waals surface area (Å²) in [4.78, 5) is 41.4. The minimum Gasteiger partial charge on any atom is -0.366 e. The Balaban J connectivity index is 1.84. The largest absolute Gasteiger partial charge is 0.366 e. The summed E-state index contributed by atoms with van der Waals surface area (Å²) in [5.74, 6) is 0. The third kappa shape index (κ3) is 5.53. The Bertz CT molecular complexity index is 1020. The highest BCUT2D eigenvalue weighted by Crippen LogP contribution is 2.24. The van der Waals surface area contributed by atoms with Gasteiger partial charge in [0.25, 0.3) is 0 Å². The first-order chi connectivity index (χ1) is 15.0. The lowest BCUT2D eigenvalue weighted by Gasteiger charge is -2.25. The predicted octanol–water partition coefficient (Wildman–Crippen LogP) is 4.51. The van der Waals surface area contributed by atoms with Gasteiger partial charge in [-0.2, -0.15) is 0 Å². The molecule has 32 heavy (non-hydrogen) atoms. The van der Waals surface area contributed by atoms with E-state index in [-0.39, 0.29) is 33.8 Å². The number of aromatic amines is 2. The maximum absolute atomic E-state index is 12.9. The molecule has 0 spiro atoms.